The zero-order valence-electron chi connectivity index (χ0n) is 18.6. The van der Waals surface area contributed by atoms with Crippen LogP contribution in [0.5, 0.6) is 11.6 Å². The van der Waals surface area contributed by atoms with Gasteiger partial charge in [0.05, 0.1) is 11.2 Å². The maximum atomic E-state index is 15.2. The van der Waals surface area contributed by atoms with E-state index in [1.54, 1.807) is 31.3 Å². The van der Waals surface area contributed by atoms with Gasteiger partial charge in [0.1, 0.15) is 18.2 Å². The van der Waals surface area contributed by atoms with Crippen LogP contribution in [0.25, 0.3) is 22.6 Å². The van der Waals surface area contributed by atoms with Gasteiger partial charge in [0.2, 0.25) is 5.88 Å². The second-order valence-electron chi connectivity index (χ2n) is 9.02. The van der Waals surface area contributed by atoms with Gasteiger partial charge < -0.3 is 9.84 Å². The van der Waals surface area contributed by atoms with Gasteiger partial charge >= 0.3 is 5.69 Å². The van der Waals surface area contributed by atoms with E-state index in [9.17, 15) is 9.90 Å². The average molecular weight is 452 g/mol. The van der Waals surface area contributed by atoms with Gasteiger partial charge in [-0.15, -0.1) is 10.2 Å². The predicted molar refractivity (Wildman–Crippen MR) is 119 cm³/mol. The number of hydrogen-bond donors (Lipinski definition) is 1. The number of benzene rings is 1. The number of nitrogens with zero attached hydrogens (tertiary/aromatic N) is 6. The highest BCUT2D eigenvalue weighted by molar-refractivity contribution is 5.71. The lowest BCUT2D eigenvalue weighted by Crippen LogP contribution is -2.60. The van der Waals surface area contributed by atoms with Crippen LogP contribution in [0.3, 0.4) is 0 Å². The first-order valence-corrected chi connectivity index (χ1v) is 10.9. The molecule has 4 heterocycles. The second kappa shape index (κ2) is 7.87. The van der Waals surface area contributed by atoms with E-state index in [1.807, 2.05) is 14.0 Å². The third kappa shape index (κ3) is 3.64. The van der Waals surface area contributed by atoms with Crippen molar-refractivity contribution in [3.05, 3.63) is 47.1 Å². The van der Waals surface area contributed by atoms with E-state index < -0.39 is 23.5 Å². The van der Waals surface area contributed by atoms with E-state index >= 15 is 4.39 Å². The highest BCUT2D eigenvalue weighted by atomic mass is 19.1. The van der Waals surface area contributed by atoms with Gasteiger partial charge in [-0.05, 0) is 45.0 Å². The molecule has 3 aromatic rings. The van der Waals surface area contributed by atoms with E-state index in [4.69, 9.17) is 4.74 Å². The molecule has 5 rings (SSSR count). The molecule has 2 aliphatic rings. The minimum absolute atomic E-state index is 0.0524. The van der Waals surface area contributed by atoms with Crippen molar-refractivity contribution in [1.82, 2.24) is 29.6 Å². The SMILES string of the molecule is CN1C2CC[C@@]1(C)[C@H](F)[C@H](Oc1ccc(-c3ccc(-c4ncn(C)c(=O)n4)cc3O)nn1)C2. The van der Waals surface area contributed by atoms with Gasteiger partial charge in [0.15, 0.2) is 12.0 Å². The van der Waals surface area contributed by atoms with E-state index in [1.165, 1.54) is 17.0 Å². The van der Waals surface area contributed by atoms with Crippen molar-refractivity contribution in [3.63, 3.8) is 0 Å². The van der Waals surface area contributed by atoms with Crippen molar-refractivity contribution in [2.24, 2.45) is 7.05 Å². The number of phenolic OH excluding ortho intramolecular Hbond substituents is 1. The molecule has 1 unspecified atom stereocenters. The third-order valence-corrected chi connectivity index (χ3v) is 7.06. The van der Waals surface area contributed by atoms with Gasteiger partial charge in [-0.25, -0.2) is 14.2 Å². The Morgan fingerprint density at radius 2 is 2.03 bits per heavy atom. The summed E-state index contributed by atoms with van der Waals surface area (Å²) in [6, 6.07) is 8.43. The van der Waals surface area contributed by atoms with Crippen LogP contribution in [0.4, 0.5) is 4.39 Å². The van der Waals surface area contributed by atoms with E-state index in [-0.39, 0.29) is 17.5 Å². The van der Waals surface area contributed by atoms with Gasteiger partial charge in [0.25, 0.3) is 0 Å². The largest absolute Gasteiger partial charge is 0.507 e. The number of phenols is 1. The monoisotopic (exact) mass is 452 g/mol. The summed E-state index contributed by atoms with van der Waals surface area (Å²) in [5, 5.41) is 18.8. The number of rotatable bonds is 4. The van der Waals surface area contributed by atoms with Gasteiger partial charge in [-0.2, -0.15) is 4.98 Å². The molecule has 0 radical (unpaired) electrons. The van der Waals surface area contributed by atoms with Crippen LogP contribution >= 0.6 is 0 Å². The molecule has 1 aromatic carbocycles. The molecule has 4 atom stereocenters. The number of halogens is 1. The van der Waals surface area contributed by atoms with Crippen molar-refractivity contribution in [2.45, 2.75) is 50.0 Å². The Labute approximate surface area is 189 Å². The van der Waals surface area contributed by atoms with E-state index in [0.29, 0.717) is 29.3 Å². The molecule has 172 valence electrons. The van der Waals surface area contributed by atoms with Crippen LogP contribution in [-0.2, 0) is 7.05 Å². The Morgan fingerprint density at radius 3 is 2.73 bits per heavy atom. The summed E-state index contributed by atoms with van der Waals surface area (Å²) in [7, 11) is 3.54. The minimum atomic E-state index is -1.11. The molecule has 2 aromatic heterocycles. The smallest absolute Gasteiger partial charge is 0.350 e. The normalized spacial score (nSPS) is 27.0. The summed E-state index contributed by atoms with van der Waals surface area (Å²) >= 11 is 0. The van der Waals surface area contributed by atoms with Crippen molar-refractivity contribution < 1.29 is 14.2 Å². The Bertz CT molecular complexity index is 1250. The van der Waals surface area contributed by atoms with Crippen LogP contribution in [-0.4, -0.2) is 65.6 Å². The lowest BCUT2D eigenvalue weighted by Gasteiger charge is -2.45. The minimum Gasteiger partial charge on any atom is -0.507 e. The van der Waals surface area contributed by atoms with E-state index in [2.05, 4.69) is 25.1 Å². The van der Waals surface area contributed by atoms with Crippen LogP contribution < -0.4 is 10.4 Å². The molecule has 2 bridgehead atoms. The first-order chi connectivity index (χ1) is 15.8. The van der Waals surface area contributed by atoms with Crippen molar-refractivity contribution in [2.75, 3.05) is 7.05 Å². The summed E-state index contributed by atoms with van der Waals surface area (Å²) in [6.07, 6.45) is 2.09. The number of aryl methyl sites for hydroxylation is 1. The summed E-state index contributed by atoms with van der Waals surface area (Å²) < 4.78 is 22.4. The number of aromatic nitrogens is 5. The summed E-state index contributed by atoms with van der Waals surface area (Å²) in [4.78, 5) is 21.9. The lowest BCUT2D eigenvalue weighted by atomic mass is 9.87. The van der Waals surface area contributed by atoms with Gasteiger partial charge in [0, 0.05) is 36.7 Å². The molecular weight excluding hydrogens is 427 g/mol. The average Bonchev–Trinajstić information content (AvgIpc) is 3.02. The Balaban J connectivity index is 1.33. The first kappa shape index (κ1) is 21.4. The standard InChI is InChI=1S/C23H25FN6O3/c1-23-9-8-14(30(23)3)11-18(20(23)24)33-19-7-6-16(27-28-19)15-5-4-13(10-17(15)31)21-25-12-29(2)22(32)26-21/h4-7,10,12,14,18,20,31H,8-9,11H2,1-3H3/t14?,18-,20-,23+/m1/s1. The molecule has 33 heavy (non-hydrogen) atoms. The fourth-order valence-electron chi connectivity index (χ4n) is 4.85. The van der Waals surface area contributed by atoms with Gasteiger partial charge in [-0.1, -0.05) is 6.07 Å². The molecule has 0 aliphatic carbocycles. The summed E-state index contributed by atoms with van der Waals surface area (Å²) in [6.45, 7) is 1.95. The molecule has 0 saturated carbocycles. The van der Waals surface area contributed by atoms with Crippen molar-refractivity contribution >= 4 is 0 Å². The predicted octanol–water partition coefficient (Wildman–Crippen LogP) is 2.35. The third-order valence-electron chi connectivity index (χ3n) is 7.06. The number of piperidine rings is 1. The van der Waals surface area contributed by atoms with E-state index in [0.717, 1.165) is 12.8 Å². The number of hydrogen-bond acceptors (Lipinski definition) is 8. The molecule has 9 nitrogen and oxygen atoms in total. The van der Waals surface area contributed by atoms with Crippen molar-refractivity contribution in [3.8, 4) is 34.3 Å². The zero-order chi connectivity index (χ0) is 23.3. The molecule has 0 spiro atoms. The van der Waals surface area contributed by atoms with Crippen molar-refractivity contribution in [1.29, 1.82) is 0 Å². The molecule has 0 amide bonds. The van der Waals surface area contributed by atoms with Crippen LogP contribution in [0.15, 0.2) is 41.5 Å². The first-order valence-electron chi connectivity index (χ1n) is 10.9. The Hall–Kier alpha value is -3.40. The topological polar surface area (TPSA) is 106 Å². The zero-order valence-corrected chi connectivity index (χ0v) is 18.6. The molecule has 2 aliphatic heterocycles. The Kier molecular flexibility index (Phi) is 5.12. The summed E-state index contributed by atoms with van der Waals surface area (Å²) in [5.41, 5.74) is 0.438. The fourth-order valence-corrected chi connectivity index (χ4v) is 4.85. The molecule has 1 N–H and O–H groups in total. The number of ether oxygens (including phenoxy) is 1. The van der Waals surface area contributed by atoms with Crippen LogP contribution in [0.1, 0.15) is 26.2 Å². The maximum Gasteiger partial charge on any atom is 0.350 e. The summed E-state index contributed by atoms with van der Waals surface area (Å²) in [5.74, 6) is 0.420. The number of aromatic hydroxyl groups is 1. The lowest BCUT2D eigenvalue weighted by molar-refractivity contribution is -0.0596. The molecule has 2 saturated heterocycles. The van der Waals surface area contributed by atoms with Gasteiger partial charge in [-0.3, -0.25) is 9.47 Å². The second-order valence-corrected chi connectivity index (χ2v) is 9.02. The number of alkyl halides is 1. The Morgan fingerprint density at radius 1 is 1.21 bits per heavy atom. The molecule has 2 fully saturated rings. The highest BCUT2D eigenvalue weighted by Gasteiger charge is 2.55. The quantitative estimate of drug-likeness (QED) is 0.643. The maximum absolute atomic E-state index is 15.2. The number of fused-ring (bicyclic) bond motifs is 2. The highest BCUT2D eigenvalue weighted by Crippen LogP contribution is 2.45. The van der Waals surface area contributed by atoms with Crippen LogP contribution in [0, 0.1) is 0 Å². The fraction of sp³-hybridized carbons (Fsp3) is 0.435. The molecule has 10 heteroatoms. The van der Waals surface area contributed by atoms with Crippen LogP contribution in [0.2, 0.25) is 0 Å². The molecular formula is C23H25FN6O3.